The first-order valence-corrected chi connectivity index (χ1v) is 7.65. The highest BCUT2D eigenvalue weighted by atomic mass is 16.5. The summed E-state index contributed by atoms with van der Waals surface area (Å²) < 4.78 is 5.25. The van der Waals surface area contributed by atoms with Gasteiger partial charge in [0.15, 0.2) is 0 Å². The van der Waals surface area contributed by atoms with E-state index in [1.165, 1.54) is 0 Å². The minimum Gasteiger partial charge on any atom is -0.507 e. The molecule has 0 aromatic heterocycles. The number of ether oxygens (including phenoxy) is 1. The number of nitriles is 1. The zero-order valence-corrected chi connectivity index (χ0v) is 13.0. The number of phenolic OH excluding ortho intramolecular Hbond substituents is 1. The first-order chi connectivity index (χ1) is 11.7. The molecule has 1 aliphatic rings. The van der Waals surface area contributed by atoms with Crippen LogP contribution >= 0.6 is 0 Å². The van der Waals surface area contributed by atoms with E-state index < -0.39 is 5.91 Å². The number of carbonyl (C=O) groups is 1. The van der Waals surface area contributed by atoms with Crippen LogP contribution < -0.4 is 5.32 Å². The molecule has 2 aromatic rings. The second kappa shape index (κ2) is 7.02. The highest BCUT2D eigenvalue weighted by Gasteiger charge is 2.15. The number of phenols is 1. The Kier molecular flexibility index (Phi) is 4.64. The minimum atomic E-state index is -0.472. The number of hydrogen-bond acceptors (Lipinski definition) is 5. The molecule has 0 saturated carbocycles. The van der Waals surface area contributed by atoms with Gasteiger partial charge in [0, 0.05) is 35.7 Å². The van der Waals surface area contributed by atoms with Gasteiger partial charge in [0.2, 0.25) is 0 Å². The van der Waals surface area contributed by atoms with Gasteiger partial charge in [-0.25, -0.2) is 0 Å². The monoisotopic (exact) mass is 323 g/mol. The Labute approximate surface area is 139 Å². The van der Waals surface area contributed by atoms with E-state index in [0.29, 0.717) is 37.4 Å². The van der Waals surface area contributed by atoms with Crippen LogP contribution in [0.25, 0.3) is 10.8 Å². The van der Waals surface area contributed by atoms with Gasteiger partial charge in [-0.15, -0.1) is 0 Å². The second-order valence-electron chi connectivity index (χ2n) is 5.43. The van der Waals surface area contributed by atoms with Crippen molar-refractivity contribution in [2.45, 2.75) is 0 Å². The van der Waals surface area contributed by atoms with Gasteiger partial charge in [0.1, 0.15) is 17.4 Å². The van der Waals surface area contributed by atoms with Gasteiger partial charge >= 0.3 is 0 Å². The van der Waals surface area contributed by atoms with Gasteiger partial charge in [-0.2, -0.15) is 5.26 Å². The van der Waals surface area contributed by atoms with E-state index in [4.69, 9.17) is 4.74 Å². The number of benzene rings is 2. The number of carbonyl (C=O) groups excluding carboxylic acids is 1. The van der Waals surface area contributed by atoms with Gasteiger partial charge in [-0.3, -0.25) is 4.79 Å². The number of nitrogens with one attached hydrogen (secondary N) is 1. The van der Waals surface area contributed by atoms with Crippen LogP contribution in [0, 0.1) is 11.3 Å². The van der Waals surface area contributed by atoms with E-state index in [1.54, 1.807) is 36.5 Å². The van der Waals surface area contributed by atoms with Crippen LogP contribution in [0.3, 0.4) is 0 Å². The Hall–Kier alpha value is -3.04. The first-order valence-electron chi connectivity index (χ1n) is 7.65. The predicted molar refractivity (Wildman–Crippen MR) is 90.3 cm³/mol. The summed E-state index contributed by atoms with van der Waals surface area (Å²) in [6, 6.07) is 12.3. The summed E-state index contributed by atoms with van der Waals surface area (Å²) in [6.07, 6.45) is 1.57. The highest BCUT2D eigenvalue weighted by Crippen LogP contribution is 2.29. The third-order valence-corrected chi connectivity index (χ3v) is 3.87. The molecule has 3 rings (SSSR count). The van der Waals surface area contributed by atoms with Gasteiger partial charge in [0.25, 0.3) is 5.91 Å². The Morgan fingerprint density at radius 1 is 1.21 bits per heavy atom. The van der Waals surface area contributed by atoms with Crippen molar-refractivity contribution < 1.29 is 14.6 Å². The maximum atomic E-state index is 12.4. The van der Waals surface area contributed by atoms with E-state index >= 15 is 0 Å². The summed E-state index contributed by atoms with van der Waals surface area (Å²) in [5.74, 6) is -0.326. The fourth-order valence-electron chi connectivity index (χ4n) is 2.62. The fraction of sp³-hybridized carbons (Fsp3) is 0.222. The van der Waals surface area contributed by atoms with Gasteiger partial charge in [-0.05, 0) is 12.1 Å². The Bertz CT molecular complexity index is 833. The summed E-state index contributed by atoms with van der Waals surface area (Å²) in [4.78, 5) is 14.3. The largest absolute Gasteiger partial charge is 0.507 e. The molecule has 24 heavy (non-hydrogen) atoms. The summed E-state index contributed by atoms with van der Waals surface area (Å²) >= 11 is 0. The zero-order chi connectivity index (χ0) is 16.9. The van der Waals surface area contributed by atoms with Crippen LogP contribution in [0.4, 0.5) is 5.69 Å². The van der Waals surface area contributed by atoms with Crippen LogP contribution in [-0.4, -0.2) is 42.2 Å². The molecule has 122 valence electrons. The van der Waals surface area contributed by atoms with E-state index in [-0.39, 0.29) is 11.3 Å². The molecule has 0 radical (unpaired) electrons. The van der Waals surface area contributed by atoms with Crippen LogP contribution in [0.15, 0.2) is 48.2 Å². The quantitative estimate of drug-likeness (QED) is 0.668. The van der Waals surface area contributed by atoms with Crippen molar-refractivity contribution in [3.05, 3.63) is 48.2 Å². The molecule has 1 saturated heterocycles. The molecule has 0 unspecified atom stereocenters. The van der Waals surface area contributed by atoms with E-state index in [1.807, 2.05) is 17.0 Å². The lowest BCUT2D eigenvalue weighted by Crippen LogP contribution is -2.33. The topological polar surface area (TPSA) is 85.6 Å². The average Bonchev–Trinajstić information content (AvgIpc) is 2.61. The lowest BCUT2D eigenvalue weighted by molar-refractivity contribution is -0.112. The molecule has 1 amide bonds. The third kappa shape index (κ3) is 3.31. The molecule has 0 bridgehead atoms. The molecule has 6 nitrogen and oxygen atoms in total. The van der Waals surface area contributed by atoms with Crippen molar-refractivity contribution in [3.8, 4) is 11.8 Å². The SMILES string of the molecule is N#C/C(=C/N1CCOCC1)C(=O)Nc1cccc2c(O)cccc12. The number of amides is 1. The molecule has 1 aliphatic heterocycles. The summed E-state index contributed by atoms with van der Waals surface area (Å²) in [5, 5.41) is 23.3. The zero-order valence-electron chi connectivity index (χ0n) is 13.0. The number of rotatable bonds is 3. The van der Waals surface area contributed by atoms with Crippen LogP contribution in [0.1, 0.15) is 0 Å². The molecule has 6 heteroatoms. The smallest absolute Gasteiger partial charge is 0.267 e. The number of hydrogen-bond donors (Lipinski definition) is 2. The van der Waals surface area contributed by atoms with Crippen molar-refractivity contribution >= 4 is 22.4 Å². The first kappa shape index (κ1) is 15.8. The summed E-state index contributed by atoms with van der Waals surface area (Å²) in [7, 11) is 0. The van der Waals surface area contributed by atoms with Crippen LogP contribution in [-0.2, 0) is 9.53 Å². The Balaban J connectivity index is 1.85. The highest BCUT2D eigenvalue weighted by molar-refractivity contribution is 6.11. The van der Waals surface area contributed by atoms with E-state index in [9.17, 15) is 15.2 Å². The molecule has 2 aromatic carbocycles. The molecule has 0 atom stereocenters. The van der Waals surface area contributed by atoms with Crippen molar-refractivity contribution in [2.75, 3.05) is 31.6 Å². The standard InChI is InChI=1S/C18H17N3O3/c19-11-13(12-21-7-9-24-10-8-21)18(23)20-16-5-1-4-15-14(16)3-2-6-17(15)22/h1-6,12,22H,7-10H2,(H,20,23)/b13-12-. The number of aromatic hydroxyl groups is 1. The van der Waals surface area contributed by atoms with Gasteiger partial charge in [0.05, 0.1) is 13.2 Å². The Morgan fingerprint density at radius 2 is 1.92 bits per heavy atom. The van der Waals surface area contributed by atoms with E-state index in [2.05, 4.69) is 5.32 Å². The maximum Gasteiger partial charge on any atom is 0.267 e. The predicted octanol–water partition coefficient (Wildman–Crippen LogP) is 2.22. The number of fused-ring (bicyclic) bond motifs is 1. The average molecular weight is 323 g/mol. The molecular weight excluding hydrogens is 306 g/mol. The number of morpholine rings is 1. The Morgan fingerprint density at radius 3 is 2.67 bits per heavy atom. The molecule has 0 spiro atoms. The van der Waals surface area contributed by atoms with Gasteiger partial charge < -0.3 is 20.1 Å². The normalized spacial score (nSPS) is 15.1. The molecule has 1 heterocycles. The fourth-order valence-corrected chi connectivity index (χ4v) is 2.62. The lowest BCUT2D eigenvalue weighted by atomic mass is 10.1. The van der Waals surface area contributed by atoms with Crippen molar-refractivity contribution in [3.63, 3.8) is 0 Å². The number of anilines is 1. The summed E-state index contributed by atoms with van der Waals surface area (Å²) in [6.45, 7) is 2.47. The summed E-state index contributed by atoms with van der Waals surface area (Å²) in [5.41, 5.74) is 0.589. The minimum absolute atomic E-state index is 0.0362. The molecule has 1 fully saturated rings. The molecule has 0 aliphatic carbocycles. The van der Waals surface area contributed by atoms with Crippen molar-refractivity contribution in [1.82, 2.24) is 4.90 Å². The van der Waals surface area contributed by atoms with Gasteiger partial charge in [-0.1, -0.05) is 24.3 Å². The van der Waals surface area contributed by atoms with Crippen molar-refractivity contribution in [1.29, 1.82) is 5.26 Å². The van der Waals surface area contributed by atoms with Crippen LogP contribution in [0.5, 0.6) is 5.75 Å². The lowest BCUT2D eigenvalue weighted by Gasteiger charge is -2.25. The third-order valence-electron chi connectivity index (χ3n) is 3.87. The van der Waals surface area contributed by atoms with Crippen LogP contribution in [0.2, 0.25) is 0 Å². The number of nitrogens with zero attached hydrogens (tertiary/aromatic N) is 2. The maximum absolute atomic E-state index is 12.4. The molecule has 2 N–H and O–H groups in total. The van der Waals surface area contributed by atoms with Crippen molar-refractivity contribution in [2.24, 2.45) is 0 Å². The van der Waals surface area contributed by atoms with E-state index in [0.717, 1.165) is 5.39 Å². The second-order valence-corrected chi connectivity index (χ2v) is 5.43. The molecular formula is C18H17N3O3.